The highest BCUT2D eigenvalue weighted by Crippen LogP contribution is 2.17. The fraction of sp³-hybridized carbons (Fsp3) is 0.0741. The SMILES string of the molecule is COc1ccc(NC(=O)c2ccc(COC(=O)c3ccc(NC(=O)c4ccco4)cc3)cc2)cc1. The van der Waals surface area contributed by atoms with E-state index >= 15 is 0 Å². The number of anilines is 2. The molecule has 0 saturated heterocycles. The van der Waals surface area contributed by atoms with Crippen LogP contribution in [0.4, 0.5) is 11.4 Å². The van der Waals surface area contributed by atoms with E-state index in [1.165, 1.54) is 6.26 Å². The standard InChI is InChI=1S/C27H22N2O6/c1-33-23-14-12-22(13-15-23)28-25(30)19-6-4-18(5-7-19)17-35-27(32)20-8-10-21(11-9-20)29-26(31)24-3-2-16-34-24/h2-16H,17H2,1H3,(H,28,30)(H,29,31). The second-order valence-corrected chi connectivity index (χ2v) is 7.46. The molecule has 8 heteroatoms. The predicted octanol–water partition coefficient (Wildman–Crippen LogP) is 5.15. The van der Waals surface area contributed by atoms with Crippen molar-refractivity contribution < 1.29 is 28.3 Å². The summed E-state index contributed by atoms with van der Waals surface area (Å²) in [5, 5.41) is 5.49. The van der Waals surface area contributed by atoms with Crippen LogP contribution >= 0.6 is 0 Å². The van der Waals surface area contributed by atoms with E-state index in [1.54, 1.807) is 92.0 Å². The molecule has 2 amide bonds. The molecule has 1 aromatic heterocycles. The van der Waals surface area contributed by atoms with Gasteiger partial charge < -0.3 is 24.5 Å². The lowest BCUT2D eigenvalue weighted by Crippen LogP contribution is -2.12. The third kappa shape index (κ3) is 6.14. The average Bonchev–Trinajstić information content (AvgIpc) is 3.44. The maximum Gasteiger partial charge on any atom is 0.338 e. The number of hydrogen-bond acceptors (Lipinski definition) is 6. The maximum atomic E-state index is 12.4. The third-order valence-corrected chi connectivity index (χ3v) is 5.06. The molecule has 0 unspecified atom stereocenters. The molecule has 176 valence electrons. The van der Waals surface area contributed by atoms with Gasteiger partial charge in [0.1, 0.15) is 12.4 Å². The highest BCUT2D eigenvalue weighted by Gasteiger charge is 2.12. The van der Waals surface area contributed by atoms with E-state index in [2.05, 4.69) is 10.6 Å². The monoisotopic (exact) mass is 470 g/mol. The van der Waals surface area contributed by atoms with Crippen LogP contribution in [0.1, 0.15) is 36.8 Å². The summed E-state index contributed by atoms with van der Waals surface area (Å²) in [4.78, 5) is 36.8. The largest absolute Gasteiger partial charge is 0.497 e. The fourth-order valence-corrected chi connectivity index (χ4v) is 3.15. The van der Waals surface area contributed by atoms with Crippen molar-refractivity contribution in [2.45, 2.75) is 6.61 Å². The molecule has 0 radical (unpaired) electrons. The summed E-state index contributed by atoms with van der Waals surface area (Å²) in [6, 6.07) is 23.3. The summed E-state index contributed by atoms with van der Waals surface area (Å²) >= 11 is 0. The molecule has 8 nitrogen and oxygen atoms in total. The number of carbonyl (C=O) groups is 3. The van der Waals surface area contributed by atoms with Crippen LogP contribution in [0.25, 0.3) is 0 Å². The molecule has 0 bridgehead atoms. The number of amides is 2. The van der Waals surface area contributed by atoms with Gasteiger partial charge in [0.2, 0.25) is 0 Å². The van der Waals surface area contributed by atoms with Gasteiger partial charge in [0, 0.05) is 16.9 Å². The summed E-state index contributed by atoms with van der Waals surface area (Å²) < 4.78 is 15.5. The minimum atomic E-state index is -0.504. The number of methoxy groups -OCH3 is 1. The first-order valence-electron chi connectivity index (χ1n) is 10.7. The van der Waals surface area contributed by atoms with Crippen molar-refractivity contribution in [3.63, 3.8) is 0 Å². The van der Waals surface area contributed by atoms with Crippen molar-refractivity contribution in [2.75, 3.05) is 17.7 Å². The van der Waals surface area contributed by atoms with Crippen LogP contribution in [-0.4, -0.2) is 24.9 Å². The van der Waals surface area contributed by atoms with Gasteiger partial charge in [-0.25, -0.2) is 4.79 Å². The van der Waals surface area contributed by atoms with Crippen molar-refractivity contribution in [1.29, 1.82) is 0 Å². The Kier molecular flexibility index (Phi) is 7.22. The van der Waals surface area contributed by atoms with Gasteiger partial charge in [0.15, 0.2) is 5.76 Å². The van der Waals surface area contributed by atoms with Gasteiger partial charge in [-0.1, -0.05) is 12.1 Å². The molecule has 0 atom stereocenters. The van der Waals surface area contributed by atoms with E-state index in [4.69, 9.17) is 13.9 Å². The first kappa shape index (κ1) is 23.3. The Morgan fingerprint density at radius 1 is 0.743 bits per heavy atom. The number of hydrogen-bond donors (Lipinski definition) is 2. The van der Waals surface area contributed by atoms with Crippen LogP contribution in [0, 0.1) is 0 Å². The Morgan fingerprint density at radius 3 is 1.94 bits per heavy atom. The topological polar surface area (TPSA) is 107 Å². The minimum absolute atomic E-state index is 0.0518. The summed E-state index contributed by atoms with van der Waals surface area (Å²) in [6.45, 7) is 0.0518. The van der Waals surface area contributed by atoms with Gasteiger partial charge in [0.05, 0.1) is 18.9 Å². The Labute approximate surface area is 201 Å². The van der Waals surface area contributed by atoms with Crippen LogP contribution in [0.5, 0.6) is 5.75 Å². The lowest BCUT2D eigenvalue weighted by atomic mass is 10.1. The zero-order valence-corrected chi connectivity index (χ0v) is 18.8. The summed E-state index contributed by atoms with van der Waals surface area (Å²) in [7, 11) is 1.58. The first-order chi connectivity index (χ1) is 17.0. The zero-order chi connectivity index (χ0) is 24.6. The highest BCUT2D eigenvalue weighted by molar-refractivity contribution is 6.04. The molecule has 35 heavy (non-hydrogen) atoms. The van der Waals surface area contributed by atoms with E-state index in [9.17, 15) is 14.4 Å². The molecule has 4 rings (SSSR count). The summed E-state index contributed by atoms with van der Waals surface area (Å²) in [5.41, 5.74) is 2.73. The number of benzene rings is 3. The van der Waals surface area contributed by atoms with Gasteiger partial charge in [0.25, 0.3) is 11.8 Å². The lowest BCUT2D eigenvalue weighted by Gasteiger charge is -2.08. The van der Waals surface area contributed by atoms with E-state index in [1.807, 2.05) is 0 Å². The predicted molar refractivity (Wildman–Crippen MR) is 130 cm³/mol. The van der Waals surface area contributed by atoms with Crippen molar-refractivity contribution >= 4 is 29.2 Å². The number of esters is 1. The van der Waals surface area contributed by atoms with E-state index in [0.717, 1.165) is 5.56 Å². The Hall–Kier alpha value is -4.85. The molecule has 0 aliphatic carbocycles. The normalized spacial score (nSPS) is 10.3. The average molecular weight is 470 g/mol. The Bertz CT molecular complexity index is 1300. The number of ether oxygens (including phenoxy) is 2. The fourth-order valence-electron chi connectivity index (χ4n) is 3.15. The first-order valence-corrected chi connectivity index (χ1v) is 10.7. The number of rotatable bonds is 8. The third-order valence-electron chi connectivity index (χ3n) is 5.06. The number of carbonyl (C=O) groups excluding carboxylic acids is 3. The summed E-state index contributed by atoms with van der Waals surface area (Å²) in [6.07, 6.45) is 1.42. The van der Waals surface area contributed by atoms with Gasteiger partial charge in [-0.15, -0.1) is 0 Å². The molecular formula is C27H22N2O6. The lowest BCUT2D eigenvalue weighted by molar-refractivity contribution is 0.0472. The number of nitrogens with one attached hydrogen (secondary N) is 2. The number of furan rings is 1. The molecule has 3 aromatic carbocycles. The van der Waals surface area contributed by atoms with Crippen LogP contribution in [-0.2, 0) is 11.3 Å². The van der Waals surface area contributed by atoms with Crippen molar-refractivity contribution in [3.05, 3.63) is 114 Å². The van der Waals surface area contributed by atoms with Crippen molar-refractivity contribution in [1.82, 2.24) is 0 Å². The van der Waals surface area contributed by atoms with Crippen LogP contribution in [0.15, 0.2) is 95.6 Å². The molecule has 0 fully saturated rings. The molecule has 4 aromatic rings. The van der Waals surface area contributed by atoms with Gasteiger partial charge in [-0.3, -0.25) is 9.59 Å². The van der Waals surface area contributed by atoms with E-state index < -0.39 is 5.97 Å². The Morgan fingerprint density at radius 2 is 1.34 bits per heavy atom. The molecule has 0 aliphatic rings. The van der Waals surface area contributed by atoms with Crippen LogP contribution in [0.2, 0.25) is 0 Å². The molecule has 1 heterocycles. The van der Waals surface area contributed by atoms with E-state index in [0.29, 0.717) is 28.3 Å². The van der Waals surface area contributed by atoms with Crippen LogP contribution < -0.4 is 15.4 Å². The van der Waals surface area contributed by atoms with Crippen molar-refractivity contribution in [2.24, 2.45) is 0 Å². The summed E-state index contributed by atoms with van der Waals surface area (Å²) in [5.74, 6) is -0.243. The molecular weight excluding hydrogens is 448 g/mol. The smallest absolute Gasteiger partial charge is 0.338 e. The maximum absolute atomic E-state index is 12.4. The van der Waals surface area contributed by atoms with Gasteiger partial charge in [-0.05, 0) is 78.4 Å². The second kappa shape index (κ2) is 10.8. The van der Waals surface area contributed by atoms with Crippen molar-refractivity contribution in [3.8, 4) is 5.75 Å². The van der Waals surface area contributed by atoms with Crippen LogP contribution in [0.3, 0.4) is 0 Å². The van der Waals surface area contributed by atoms with E-state index in [-0.39, 0.29) is 24.2 Å². The minimum Gasteiger partial charge on any atom is -0.497 e. The zero-order valence-electron chi connectivity index (χ0n) is 18.8. The molecule has 0 aliphatic heterocycles. The quantitative estimate of drug-likeness (QED) is 0.345. The van der Waals surface area contributed by atoms with Gasteiger partial charge >= 0.3 is 5.97 Å². The Balaban J connectivity index is 1.27. The molecule has 0 spiro atoms. The van der Waals surface area contributed by atoms with Gasteiger partial charge in [-0.2, -0.15) is 0 Å². The second-order valence-electron chi connectivity index (χ2n) is 7.46. The highest BCUT2D eigenvalue weighted by atomic mass is 16.5. The molecule has 2 N–H and O–H groups in total. The molecule has 0 saturated carbocycles.